The van der Waals surface area contributed by atoms with Gasteiger partial charge in [0.15, 0.2) is 0 Å². The van der Waals surface area contributed by atoms with Gasteiger partial charge < -0.3 is 9.80 Å². The summed E-state index contributed by atoms with van der Waals surface area (Å²) in [4.78, 5) is 9.15. The van der Waals surface area contributed by atoms with Crippen LogP contribution in [0.3, 0.4) is 0 Å². The van der Waals surface area contributed by atoms with Crippen LogP contribution in [0.4, 0.5) is 10.2 Å². The lowest BCUT2D eigenvalue weighted by Crippen LogP contribution is -2.43. The van der Waals surface area contributed by atoms with Crippen LogP contribution >= 0.6 is 0 Å². The summed E-state index contributed by atoms with van der Waals surface area (Å²) in [7, 11) is 0. The maximum Gasteiger partial charge on any atom is 0.139 e. The maximum atomic E-state index is 15.2. The van der Waals surface area contributed by atoms with Crippen molar-refractivity contribution in [2.24, 2.45) is 0 Å². The van der Waals surface area contributed by atoms with E-state index in [1.54, 1.807) is 6.20 Å². The Morgan fingerprint density at radius 3 is 2.29 bits per heavy atom. The molecule has 0 unspecified atom stereocenters. The minimum Gasteiger partial charge on any atom is -0.357 e. The maximum absolute atomic E-state index is 15.2. The first-order chi connectivity index (χ1) is 10.1. The van der Waals surface area contributed by atoms with Gasteiger partial charge in [0.2, 0.25) is 0 Å². The van der Waals surface area contributed by atoms with E-state index in [9.17, 15) is 0 Å². The average molecular weight is 291 g/mol. The van der Waals surface area contributed by atoms with Gasteiger partial charge in [-0.15, -0.1) is 0 Å². The highest BCUT2D eigenvalue weighted by molar-refractivity contribution is 5.41. The second-order valence-corrected chi connectivity index (χ2v) is 6.69. The highest BCUT2D eigenvalue weighted by Gasteiger charge is 2.37. The highest BCUT2D eigenvalue weighted by atomic mass is 19.1. The van der Waals surface area contributed by atoms with Gasteiger partial charge in [0.05, 0.1) is 0 Å². The second-order valence-electron chi connectivity index (χ2n) is 6.69. The topological polar surface area (TPSA) is 19.4 Å². The predicted molar refractivity (Wildman–Crippen MR) is 84.4 cm³/mol. The fourth-order valence-corrected chi connectivity index (χ4v) is 3.47. The SMILES string of the molecule is CC(C)N1CCC(F)(c2ccc(N3CCCC3)nc2)CC1. The van der Waals surface area contributed by atoms with Crippen molar-refractivity contribution in [2.75, 3.05) is 31.1 Å². The van der Waals surface area contributed by atoms with Crippen LogP contribution in [0.5, 0.6) is 0 Å². The Morgan fingerprint density at radius 1 is 1.10 bits per heavy atom. The van der Waals surface area contributed by atoms with Crippen LogP contribution in [0.1, 0.15) is 45.1 Å². The average Bonchev–Trinajstić information content (AvgIpc) is 3.02. The van der Waals surface area contributed by atoms with Crippen LogP contribution in [-0.4, -0.2) is 42.1 Å². The molecule has 1 aromatic heterocycles. The molecule has 1 aromatic rings. The van der Waals surface area contributed by atoms with E-state index in [1.807, 2.05) is 12.1 Å². The second kappa shape index (κ2) is 5.91. The molecule has 0 aromatic carbocycles. The number of rotatable bonds is 3. The van der Waals surface area contributed by atoms with Gasteiger partial charge in [-0.3, -0.25) is 0 Å². The van der Waals surface area contributed by atoms with Crippen LogP contribution in [0.2, 0.25) is 0 Å². The van der Waals surface area contributed by atoms with Crippen LogP contribution in [0.15, 0.2) is 18.3 Å². The molecule has 4 heteroatoms. The fourth-order valence-electron chi connectivity index (χ4n) is 3.47. The van der Waals surface area contributed by atoms with E-state index in [-0.39, 0.29) is 0 Å². The van der Waals surface area contributed by atoms with Gasteiger partial charge in [0, 0.05) is 44.0 Å². The molecule has 0 N–H and O–H groups in total. The Hall–Kier alpha value is -1.16. The van der Waals surface area contributed by atoms with Gasteiger partial charge in [-0.1, -0.05) is 6.07 Å². The number of likely N-dealkylation sites (tertiary alicyclic amines) is 1. The minimum absolute atomic E-state index is 0.505. The Kier molecular flexibility index (Phi) is 4.16. The molecular formula is C17H26FN3. The van der Waals surface area contributed by atoms with Crippen molar-refractivity contribution in [1.29, 1.82) is 0 Å². The van der Waals surface area contributed by atoms with E-state index >= 15 is 4.39 Å². The summed E-state index contributed by atoms with van der Waals surface area (Å²) in [6.07, 6.45) is 5.40. The molecule has 3 nitrogen and oxygen atoms in total. The quantitative estimate of drug-likeness (QED) is 0.851. The number of hydrogen-bond acceptors (Lipinski definition) is 3. The Bertz CT molecular complexity index is 457. The Labute approximate surface area is 127 Å². The first-order valence-electron chi connectivity index (χ1n) is 8.23. The van der Waals surface area contributed by atoms with Crippen molar-refractivity contribution in [3.8, 4) is 0 Å². The summed E-state index contributed by atoms with van der Waals surface area (Å²) >= 11 is 0. The van der Waals surface area contributed by atoms with E-state index in [2.05, 4.69) is 28.6 Å². The number of hydrogen-bond donors (Lipinski definition) is 0. The molecule has 3 heterocycles. The lowest BCUT2D eigenvalue weighted by atomic mass is 9.86. The largest absolute Gasteiger partial charge is 0.357 e. The van der Waals surface area contributed by atoms with Gasteiger partial charge in [-0.05, 0) is 45.6 Å². The Morgan fingerprint density at radius 2 is 1.76 bits per heavy atom. The molecule has 2 saturated heterocycles. The zero-order valence-electron chi connectivity index (χ0n) is 13.2. The van der Waals surface area contributed by atoms with Gasteiger partial charge in [-0.25, -0.2) is 9.37 Å². The smallest absolute Gasteiger partial charge is 0.139 e. The summed E-state index contributed by atoms with van der Waals surface area (Å²) in [6.45, 7) is 8.19. The van der Waals surface area contributed by atoms with Gasteiger partial charge >= 0.3 is 0 Å². The number of nitrogens with zero attached hydrogens (tertiary/aromatic N) is 3. The third-order valence-electron chi connectivity index (χ3n) is 5.02. The summed E-state index contributed by atoms with van der Waals surface area (Å²) in [5, 5.41) is 0. The van der Waals surface area contributed by atoms with Gasteiger partial charge in [-0.2, -0.15) is 0 Å². The van der Waals surface area contributed by atoms with E-state index < -0.39 is 5.67 Å². The lowest BCUT2D eigenvalue weighted by molar-refractivity contribution is 0.0424. The van der Waals surface area contributed by atoms with Crippen molar-refractivity contribution < 1.29 is 4.39 Å². The molecule has 0 saturated carbocycles. The molecular weight excluding hydrogens is 265 g/mol. The summed E-state index contributed by atoms with van der Waals surface area (Å²) in [5.41, 5.74) is -0.434. The van der Waals surface area contributed by atoms with Crippen molar-refractivity contribution in [3.05, 3.63) is 23.9 Å². The molecule has 0 amide bonds. The first-order valence-corrected chi connectivity index (χ1v) is 8.23. The molecule has 116 valence electrons. The zero-order chi connectivity index (χ0) is 14.9. The van der Waals surface area contributed by atoms with Gasteiger partial charge in [0.25, 0.3) is 0 Å². The molecule has 0 bridgehead atoms. The van der Waals surface area contributed by atoms with Crippen molar-refractivity contribution >= 4 is 5.82 Å². The van der Waals surface area contributed by atoms with E-state index in [0.29, 0.717) is 18.9 Å². The highest BCUT2D eigenvalue weighted by Crippen LogP contribution is 2.37. The van der Waals surface area contributed by atoms with E-state index in [0.717, 1.165) is 37.6 Å². The number of anilines is 1. The molecule has 0 atom stereocenters. The fraction of sp³-hybridized carbons (Fsp3) is 0.706. The molecule has 2 fully saturated rings. The first kappa shape index (κ1) is 14.8. The lowest BCUT2D eigenvalue weighted by Gasteiger charge is -2.38. The number of piperidine rings is 1. The van der Waals surface area contributed by atoms with Crippen LogP contribution < -0.4 is 4.90 Å². The van der Waals surface area contributed by atoms with E-state index in [4.69, 9.17) is 0 Å². The van der Waals surface area contributed by atoms with Gasteiger partial charge in [0.1, 0.15) is 11.5 Å². The monoisotopic (exact) mass is 291 g/mol. The Balaban J connectivity index is 1.68. The molecule has 0 radical (unpaired) electrons. The molecule has 2 aliphatic heterocycles. The molecule has 0 aliphatic carbocycles. The molecule has 21 heavy (non-hydrogen) atoms. The number of halogens is 1. The van der Waals surface area contributed by atoms with Crippen LogP contribution in [0.25, 0.3) is 0 Å². The normalized spacial score (nSPS) is 23.0. The standard InChI is InChI=1S/C17H26FN3/c1-14(2)20-11-7-17(18,8-12-20)15-5-6-16(19-13-15)21-9-3-4-10-21/h5-6,13-14H,3-4,7-12H2,1-2H3. The number of aromatic nitrogens is 1. The molecule has 0 spiro atoms. The minimum atomic E-state index is -1.19. The van der Waals surface area contributed by atoms with E-state index in [1.165, 1.54) is 12.8 Å². The van der Waals surface area contributed by atoms with Crippen LogP contribution in [-0.2, 0) is 5.67 Å². The molecule has 2 aliphatic rings. The van der Waals surface area contributed by atoms with Crippen molar-refractivity contribution in [1.82, 2.24) is 9.88 Å². The summed E-state index contributed by atoms with van der Waals surface area (Å²) in [6, 6.07) is 4.45. The third-order valence-corrected chi connectivity index (χ3v) is 5.02. The number of alkyl halides is 1. The third kappa shape index (κ3) is 3.05. The summed E-state index contributed by atoms with van der Waals surface area (Å²) in [5.74, 6) is 1.000. The summed E-state index contributed by atoms with van der Waals surface area (Å²) < 4.78 is 15.2. The van der Waals surface area contributed by atoms with Crippen LogP contribution in [0, 0.1) is 0 Å². The van der Waals surface area contributed by atoms with Crippen molar-refractivity contribution in [3.63, 3.8) is 0 Å². The predicted octanol–water partition coefficient (Wildman–Crippen LogP) is 3.35. The number of pyridine rings is 1. The molecule has 3 rings (SSSR count). The zero-order valence-corrected chi connectivity index (χ0v) is 13.2. The van der Waals surface area contributed by atoms with Crippen molar-refractivity contribution in [2.45, 2.75) is 51.2 Å².